The maximum atomic E-state index is 8.76. The summed E-state index contributed by atoms with van der Waals surface area (Å²) >= 11 is 0. The first-order valence-corrected chi connectivity index (χ1v) is 7.80. The van der Waals surface area contributed by atoms with Crippen molar-refractivity contribution in [1.29, 1.82) is 5.26 Å². The van der Waals surface area contributed by atoms with E-state index >= 15 is 0 Å². The third-order valence-corrected chi connectivity index (χ3v) is 3.27. The van der Waals surface area contributed by atoms with E-state index in [0.717, 1.165) is 0 Å². The predicted octanol–water partition coefficient (Wildman–Crippen LogP) is -0.448. The summed E-state index contributed by atoms with van der Waals surface area (Å²) < 4.78 is 15.0. The van der Waals surface area contributed by atoms with E-state index in [9.17, 15) is 0 Å². The average molecular weight is 354 g/mol. The summed E-state index contributed by atoms with van der Waals surface area (Å²) in [7, 11) is 1.54. The Bertz CT molecular complexity index is 872. The van der Waals surface area contributed by atoms with Crippen LogP contribution < -0.4 is 31.3 Å². The van der Waals surface area contributed by atoms with Crippen LogP contribution in [0.2, 0.25) is 0 Å². The van der Waals surface area contributed by atoms with E-state index in [4.69, 9.17) is 31.9 Å². The molecule has 1 aliphatic heterocycles. The molecule has 0 spiro atoms. The lowest BCUT2D eigenvalue weighted by Crippen LogP contribution is -2.14. The number of rotatable bonds is 7. The second-order valence-corrected chi connectivity index (χ2v) is 5.13. The number of guanidine groups is 1. The highest BCUT2D eigenvalue weighted by Crippen LogP contribution is 2.32. The average Bonchev–Trinajstić information content (AvgIpc) is 3.08. The van der Waals surface area contributed by atoms with E-state index in [1.165, 1.54) is 19.4 Å². The molecule has 1 aromatic carbocycles. The Kier molecular flexibility index (Phi) is 6.51. The highest BCUT2D eigenvalue weighted by Gasteiger charge is 2.18. The number of aliphatic imine (C=N–C) groups is 2. The highest BCUT2D eigenvalue weighted by atomic mass is 16.5. The van der Waals surface area contributed by atoms with Gasteiger partial charge in [-0.25, -0.2) is 4.67 Å². The molecule has 134 valence electrons. The van der Waals surface area contributed by atoms with Gasteiger partial charge in [0.05, 0.1) is 25.0 Å². The number of amidine groups is 1. The largest absolute Gasteiger partial charge is 0.524 e. The van der Waals surface area contributed by atoms with Crippen LogP contribution in [0.3, 0.4) is 0 Å². The van der Waals surface area contributed by atoms with Gasteiger partial charge in [-0.15, -0.1) is 0 Å². The second kappa shape index (κ2) is 9.03. The van der Waals surface area contributed by atoms with Crippen molar-refractivity contribution in [2.45, 2.75) is 6.42 Å². The number of benzene rings is 1. The summed E-state index contributed by atoms with van der Waals surface area (Å²) in [5.41, 5.74) is 18.6. The van der Waals surface area contributed by atoms with Crippen molar-refractivity contribution in [3.8, 4) is 17.6 Å². The Morgan fingerprint density at radius 2 is 2.15 bits per heavy atom. The molecule has 0 saturated heterocycles. The Labute approximate surface area is 150 Å². The van der Waals surface area contributed by atoms with Crippen molar-refractivity contribution in [1.82, 2.24) is 4.67 Å². The molecule has 1 aromatic rings. The van der Waals surface area contributed by atoms with E-state index in [-0.39, 0.29) is 17.5 Å². The summed E-state index contributed by atoms with van der Waals surface area (Å²) in [6, 6.07) is 7.21. The van der Waals surface area contributed by atoms with Crippen molar-refractivity contribution in [3.63, 3.8) is 0 Å². The number of hydrogen-bond donors (Lipinski definition) is 3. The molecule has 0 unspecified atom stereocenters. The highest BCUT2D eigenvalue weighted by molar-refractivity contribution is 6.41. The first kappa shape index (κ1) is 18.7. The fraction of sp³-hybridized carbons (Fsp3) is 0.235. The number of hydrogen-bond acceptors (Lipinski definition) is 7. The van der Waals surface area contributed by atoms with E-state index in [2.05, 4.69) is 14.7 Å². The SMILES string of the molecule is COc1cccc(OCCCN)c1C(N)=CC(N)=NC1=[N+]=C(C#N)C=N1. The van der Waals surface area contributed by atoms with Crippen LogP contribution in [-0.4, -0.2) is 44.0 Å². The zero-order valence-corrected chi connectivity index (χ0v) is 14.3. The maximum Gasteiger partial charge on any atom is 0.524 e. The fourth-order valence-electron chi connectivity index (χ4n) is 2.12. The lowest BCUT2D eigenvalue weighted by Gasteiger charge is -2.14. The van der Waals surface area contributed by atoms with Gasteiger partial charge in [0.1, 0.15) is 11.5 Å². The van der Waals surface area contributed by atoms with Gasteiger partial charge in [-0.1, -0.05) is 11.1 Å². The molecule has 9 nitrogen and oxygen atoms in total. The molecule has 9 heteroatoms. The zero-order chi connectivity index (χ0) is 18.9. The zero-order valence-electron chi connectivity index (χ0n) is 14.3. The van der Waals surface area contributed by atoms with Crippen LogP contribution in [0.5, 0.6) is 11.5 Å². The Balaban J connectivity index is 2.34. The summed E-state index contributed by atoms with van der Waals surface area (Å²) in [6.07, 6.45) is 3.47. The minimum absolute atomic E-state index is 0.0800. The standard InChI is InChI=1S/C17H19N7O2/c1-25-13-4-2-5-14(26-7-3-6-18)16(13)12(20)8-15(21)24-17-22-10-11(9-19)23-17/h2,4-5,8,10H,3,6-7,18H2,1H3,(H3,20,21)/p+1. The molecule has 6 N–H and O–H groups in total. The molecule has 0 fully saturated rings. The molecular weight excluding hydrogens is 334 g/mol. The lowest BCUT2D eigenvalue weighted by atomic mass is 10.1. The minimum Gasteiger partial charge on any atom is -0.496 e. The Morgan fingerprint density at radius 1 is 1.38 bits per heavy atom. The molecule has 1 aliphatic rings. The van der Waals surface area contributed by atoms with Crippen LogP contribution in [0.1, 0.15) is 12.0 Å². The van der Waals surface area contributed by atoms with E-state index < -0.39 is 0 Å². The molecule has 0 atom stereocenters. The third-order valence-electron chi connectivity index (χ3n) is 3.27. The Morgan fingerprint density at radius 3 is 2.81 bits per heavy atom. The molecule has 26 heavy (non-hydrogen) atoms. The number of nitrogens with two attached hydrogens (primary N) is 3. The molecule has 1 heterocycles. The minimum atomic E-state index is 0.0800. The first-order chi connectivity index (χ1) is 12.6. The predicted molar refractivity (Wildman–Crippen MR) is 102 cm³/mol. The molecule has 0 radical (unpaired) electrons. The number of methoxy groups -OCH3 is 1. The van der Waals surface area contributed by atoms with Gasteiger partial charge < -0.3 is 26.7 Å². The van der Waals surface area contributed by atoms with Crippen LogP contribution in [-0.2, 0) is 0 Å². The van der Waals surface area contributed by atoms with Gasteiger partial charge in [0.25, 0.3) is 0 Å². The molecule has 0 bridgehead atoms. The molecule has 0 saturated carbocycles. The number of ether oxygens (including phenoxy) is 2. The van der Waals surface area contributed by atoms with Gasteiger partial charge in [0.2, 0.25) is 5.84 Å². The van der Waals surface area contributed by atoms with Crippen molar-refractivity contribution in [2.75, 3.05) is 20.3 Å². The first-order valence-electron chi connectivity index (χ1n) is 7.80. The lowest BCUT2D eigenvalue weighted by molar-refractivity contribution is 0.309. The number of nitriles is 1. The van der Waals surface area contributed by atoms with Gasteiger partial charge >= 0.3 is 11.7 Å². The van der Waals surface area contributed by atoms with Crippen LogP contribution >= 0.6 is 0 Å². The Hall–Kier alpha value is -3.60. The van der Waals surface area contributed by atoms with Crippen LogP contribution in [0.25, 0.3) is 5.70 Å². The smallest absolute Gasteiger partial charge is 0.496 e. The van der Waals surface area contributed by atoms with Crippen molar-refractivity contribution in [2.24, 2.45) is 27.2 Å². The molecular formula is C17H20N7O2+. The van der Waals surface area contributed by atoms with Crippen LogP contribution in [0, 0.1) is 11.3 Å². The van der Waals surface area contributed by atoms with E-state index in [1.807, 2.05) is 6.07 Å². The molecule has 0 amide bonds. The summed E-state index contributed by atoms with van der Waals surface area (Å²) in [4.78, 5) is 7.90. The van der Waals surface area contributed by atoms with Gasteiger partial charge in [-0.05, 0) is 30.1 Å². The topological polar surface area (TPSA) is 159 Å². The van der Waals surface area contributed by atoms with E-state index in [0.29, 0.717) is 42.3 Å². The summed E-state index contributed by atoms with van der Waals surface area (Å²) in [5.74, 6) is 1.25. The van der Waals surface area contributed by atoms with Gasteiger partial charge in [0.15, 0.2) is 12.3 Å². The van der Waals surface area contributed by atoms with Crippen LogP contribution in [0.15, 0.2) is 34.3 Å². The fourth-order valence-corrected chi connectivity index (χ4v) is 2.12. The van der Waals surface area contributed by atoms with Crippen LogP contribution in [0.4, 0.5) is 0 Å². The van der Waals surface area contributed by atoms with Gasteiger partial charge in [-0.2, -0.15) is 5.26 Å². The third kappa shape index (κ3) is 4.70. The molecule has 0 aliphatic carbocycles. The monoisotopic (exact) mass is 354 g/mol. The normalized spacial score (nSPS) is 13.9. The van der Waals surface area contributed by atoms with Gasteiger partial charge in [-0.3, -0.25) is 0 Å². The quantitative estimate of drug-likeness (QED) is 0.260. The number of nitrogens with zero attached hydrogens (tertiary/aromatic N) is 4. The van der Waals surface area contributed by atoms with Gasteiger partial charge in [0, 0.05) is 6.08 Å². The van der Waals surface area contributed by atoms with Crippen molar-refractivity contribution < 1.29 is 9.47 Å². The maximum absolute atomic E-state index is 8.76. The van der Waals surface area contributed by atoms with E-state index in [1.54, 1.807) is 18.2 Å². The van der Waals surface area contributed by atoms with Crippen molar-refractivity contribution in [3.05, 3.63) is 29.8 Å². The summed E-state index contributed by atoms with van der Waals surface area (Å²) in [5, 5.41) is 8.76. The second-order valence-electron chi connectivity index (χ2n) is 5.13. The van der Waals surface area contributed by atoms with Crippen molar-refractivity contribution >= 4 is 29.4 Å². The summed E-state index contributed by atoms with van der Waals surface area (Å²) in [6.45, 7) is 0.973. The molecule has 0 aromatic heterocycles. The molecule has 2 rings (SSSR count).